The normalized spacial score (nSPS) is 11.4. The molecule has 0 aliphatic carbocycles. The number of sulfonamides is 1. The summed E-state index contributed by atoms with van der Waals surface area (Å²) in [5.74, 6) is -0.643. The second kappa shape index (κ2) is 4.62. The van der Waals surface area contributed by atoms with E-state index in [9.17, 15) is 13.2 Å². The molecule has 0 radical (unpaired) electrons. The van der Waals surface area contributed by atoms with Crippen molar-refractivity contribution in [1.29, 1.82) is 0 Å². The highest BCUT2D eigenvalue weighted by Crippen LogP contribution is 2.10. The Labute approximate surface area is 93.2 Å². The number of aryl methyl sites for hydroxylation is 1. The van der Waals surface area contributed by atoms with Crippen LogP contribution in [0.1, 0.15) is 23.8 Å². The van der Waals surface area contributed by atoms with Crippen molar-refractivity contribution in [2.45, 2.75) is 24.9 Å². The van der Waals surface area contributed by atoms with E-state index >= 15 is 0 Å². The molecule has 2 N–H and O–H groups in total. The quantitative estimate of drug-likeness (QED) is 0.737. The van der Waals surface area contributed by atoms with Crippen molar-refractivity contribution in [3.05, 3.63) is 11.8 Å². The van der Waals surface area contributed by atoms with E-state index in [1.807, 2.05) is 6.92 Å². The number of primary sulfonamides is 1. The van der Waals surface area contributed by atoms with Crippen molar-refractivity contribution in [3.63, 3.8) is 0 Å². The summed E-state index contributed by atoms with van der Waals surface area (Å²) < 4.78 is 27.9. The number of hydrogen-bond donors (Lipinski definition) is 1. The lowest BCUT2D eigenvalue weighted by atomic mass is 10.4. The molecular formula is C8H13N3O4S. The van der Waals surface area contributed by atoms with Gasteiger partial charge in [0.15, 0.2) is 5.03 Å². The van der Waals surface area contributed by atoms with Crippen LogP contribution in [0.5, 0.6) is 0 Å². The maximum Gasteiger partial charge on any atom is 0.356 e. The number of carbonyl (C=O) groups is 1. The first-order valence-electron chi connectivity index (χ1n) is 4.59. The first kappa shape index (κ1) is 12.7. The Morgan fingerprint density at radius 3 is 2.69 bits per heavy atom. The molecule has 0 bridgehead atoms. The van der Waals surface area contributed by atoms with Crippen molar-refractivity contribution in [2.24, 2.45) is 5.14 Å². The third kappa shape index (κ3) is 2.58. The van der Waals surface area contributed by atoms with Gasteiger partial charge in [-0.1, -0.05) is 6.92 Å². The van der Waals surface area contributed by atoms with Gasteiger partial charge in [-0.05, 0) is 6.42 Å². The fourth-order valence-corrected chi connectivity index (χ4v) is 1.67. The molecule has 1 heterocycles. The summed E-state index contributed by atoms with van der Waals surface area (Å²) in [5.41, 5.74) is 0.0772. The predicted octanol–water partition coefficient (Wildman–Crippen LogP) is -0.273. The smallest absolute Gasteiger partial charge is 0.356 e. The second-order valence-corrected chi connectivity index (χ2v) is 4.64. The summed E-state index contributed by atoms with van der Waals surface area (Å²) in [6, 6.07) is 1.11. The largest absolute Gasteiger partial charge is 0.464 e. The molecule has 0 atom stereocenters. The molecule has 0 aliphatic heterocycles. The topological polar surface area (TPSA) is 104 Å². The zero-order valence-electron chi connectivity index (χ0n) is 9.00. The van der Waals surface area contributed by atoms with E-state index in [-0.39, 0.29) is 10.7 Å². The lowest BCUT2D eigenvalue weighted by Gasteiger charge is -2.02. The van der Waals surface area contributed by atoms with Gasteiger partial charge in [0.25, 0.3) is 10.0 Å². The molecule has 1 rings (SSSR count). The summed E-state index contributed by atoms with van der Waals surface area (Å²) in [6.07, 6.45) is 0.704. The van der Waals surface area contributed by atoms with E-state index in [0.717, 1.165) is 6.07 Å². The minimum atomic E-state index is -3.90. The van der Waals surface area contributed by atoms with Crippen LogP contribution < -0.4 is 5.14 Å². The van der Waals surface area contributed by atoms with Crippen LogP contribution in [0.25, 0.3) is 0 Å². The molecule has 0 aliphatic rings. The molecule has 0 aromatic carbocycles. The predicted molar refractivity (Wildman–Crippen MR) is 55.2 cm³/mol. The Kier molecular flexibility index (Phi) is 3.66. The molecule has 7 nitrogen and oxygen atoms in total. The fourth-order valence-electron chi connectivity index (χ4n) is 1.18. The lowest BCUT2D eigenvalue weighted by Crippen LogP contribution is -2.14. The van der Waals surface area contributed by atoms with Crippen LogP contribution >= 0.6 is 0 Å². The minimum Gasteiger partial charge on any atom is -0.464 e. The first-order valence-corrected chi connectivity index (χ1v) is 6.13. The Balaban J connectivity index is 3.25. The molecule has 0 spiro atoms. The van der Waals surface area contributed by atoms with E-state index in [1.165, 1.54) is 11.8 Å². The summed E-state index contributed by atoms with van der Waals surface area (Å²) in [7, 11) is -2.69. The second-order valence-electron chi connectivity index (χ2n) is 3.13. The molecular weight excluding hydrogens is 234 g/mol. The summed E-state index contributed by atoms with van der Waals surface area (Å²) in [5, 5.41) is 8.33. The highest BCUT2D eigenvalue weighted by atomic mass is 32.2. The zero-order chi connectivity index (χ0) is 12.3. The van der Waals surface area contributed by atoms with Gasteiger partial charge in [-0.2, -0.15) is 5.10 Å². The molecule has 16 heavy (non-hydrogen) atoms. The lowest BCUT2D eigenvalue weighted by molar-refractivity contribution is 0.0586. The third-order valence-electron chi connectivity index (χ3n) is 1.88. The molecule has 0 fully saturated rings. The highest BCUT2D eigenvalue weighted by Gasteiger charge is 2.20. The Bertz CT molecular complexity index is 491. The highest BCUT2D eigenvalue weighted by molar-refractivity contribution is 7.89. The van der Waals surface area contributed by atoms with E-state index in [1.54, 1.807) is 0 Å². The zero-order valence-corrected chi connectivity index (χ0v) is 9.82. The fraction of sp³-hybridized carbons (Fsp3) is 0.500. The number of methoxy groups -OCH3 is 1. The number of aromatic nitrogens is 2. The Morgan fingerprint density at radius 1 is 1.62 bits per heavy atom. The maximum absolute atomic E-state index is 11.3. The van der Waals surface area contributed by atoms with Gasteiger partial charge in [0.1, 0.15) is 5.69 Å². The van der Waals surface area contributed by atoms with Crippen LogP contribution in [0, 0.1) is 0 Å². The number of hydrogen-bond acceptors (Lipinski definition) is 5. The number of carbonyl (C=O) groups excluding carboxylic acids is 1. The van der Waals surface area contributed by atoms with Crippen molar-refractivity contribution in [1.82, 2.24) is 9.78 Å². The van der Waals surface area contributed by atoms with Crippen molar-refractivity contribution < 1.29 is 17.9 Å². The SMILES string of the molecule is CCCn1nc(S(N)(=O)=O)cc1C(=O)OC. The molecule has 1 aromatic heterocycles. The van der Waals surface area contributed by atoms with Gasteiger partial charge in [-0.15, -0.1) is 0 Å². The van der Waals surface area contributed by atoms with Gasteiger partial charge in [0.2, 0.25) is 0 Å². The van der Waals surface area contributed by atoms with Crippen LogP contribution in [-0.4, -0.2) is 31.3 Å². The van der Waals surface area contributed by atoms with E-state index in [0.29, 0.717) is 13.0 Å². The van der Waals surface area contributed by atoms with E-state index in [4.69, 9.17) is 5.14 Å². The number of rotatable bonds is 4. The molecule has 0 amide bonds. The molecule has 8 heteroatoms. The van der Waals surface area contributed by atoms with E-state index < -0.39 is 16.0 Å². The number of ether oxygens (including phenoxy) is 1. The summed E-state index contributed by atoms with van der Waals surface area (Å²) in [4.78, 5) is 11.3. The van der Waals surface area contributed by atoms with Gasteiger partial charge >= 0.3 is 5.97 Å². The van der Waals surface area contributed by atoms with Crippen molar-refractivity contribution in [2.75, 3.05) is 7.11 Å². The molecule has 0 unspecified atom stereocenters. The standard InChI is InChI=1S/C8H13N3O4S/c1-3-4-11-6(8(12)15-2)5-7(10-11)16(9,13)14/h5H,3-4H2,1-2H3,(H2,9,13,14). The Morgan fingerprint density at radius 2 is 2.25 bits per heavy atom. The number of nitrogens with zero attached hydrogens (tertiary/aromatic N) is 2. The third-order valence-corrected chi connectivity index (χ3v) is 2.66. The van der Waals surface area contributed by atoms with E-state index in [2.05, 4.69) is 9.84 Å². The van der Waals surface area contributed by atoms with Crippen molar-refractivity contribution in [3.8, 4) is 0 Å². The maximum atomic E-state index is 11.3. The molecule has 0 saturated carbocycles. The van der Waals surface area contributed by atoms with Crippen LogP contribution in [0.3, 0.4) is 0 Å². The van der Waals surface area contributed by atoms with Crippen LogP contribution in [0.15, 0.2) is 11.1 Å². The van der Waals surface area contributed by atoms with Gasteiger partial charge in [0.05, 0.1) is 7.11 Å². The average molecular weight is 247 g/mol. The summed E-state index contributed by atoms with van der Waals surface area (Å²) in [6.45, 7) is 2.29. The molecule has 0 saturated heterocycles. The van der Waals surface area contributed by atoms with Crippen molar-refractivity contribution >= 4 is 16.0 Å². The first-order chi connectivity index (χ1) is 7.40. The van der Waals surface area contributed by atoms with Gasteiger partial charge in [0, 0.05) is 12.6 Å². The average Bonchev–Trinajstić information content (AvgIpc) is 2.61. The van der Waals surface area contributed by atoms with Crippen LogP contribution in [0.2, 0.25) is 0 Å². The molecule has 90 valence electrons. The van der Waals surface area contributed by atoms with Gasteiger partial charge in [-0.25, -0.2) is 18.4 Å². The van der Waals surface area contributed by atoms with Crippen LogP contribution in [-0.2, 0) is 21.3 Å². The summed E-state index contributed by atoms with van der Waals surface area (Å²) >= 11 is 0. The van der Waals surface area contributed by atoms with Gasteiger partial charge in [-0.3, -0.25) is 4.68 Å². The Hall–Kier alpha value is -1.41. The minimum absolute atomic E-state index is 0.0772. The van der Waals surface area contributed by atoms with Crippen LogP contribution in [0.4, 0.5) is 0 Å². The number of nitrogens with two attached hydrogens (primary N) is 1. The van der Waals surface area contributed by atoms with Gasteiger partial charge < -0.3 is 4.74 Å². The molecule has 1 aromatic rings. The monoisotopic (exact) mass is 247 g/mol. The number of esters is 1.